The third-order valence-corrected chi connectivity index (χ3v) is 5.18. The van der Waals surface area contributed by atoms with Crippen molar-refractivity contribution in [2.75, 3.05) is 13.1 Å². The Bertz CT molecular complexity index is 1300. The van der Waals surface area contributed by atoms with Crippen LogP contribution in [0.1, 0.15) is 18.2 Å². The van der Waals surface area contributed by atoms with E-state index in [9.17, 15) is 14.0 Å². The molecule has 0 unspecified atom stereocenters. The summed E-state index contributed by atoms with van der Waals surface area (Å²) in [7, 11) is 0. The van der Waals surface area contributed by atoms with Gasteiger partial charge in [0.25, 0.3) is 5.91 Å². The molecule has 4 rings (SSSR count). The fraction of sp³-hybridized carbons (Fsp3) is 0.160. The minimum absolute atomic E-state index is 0.122. The van der Waals surface area contributed by atoms with E-state index < -0.39 is 5.91 Å². The van der Waals surface area contributed by atoms with Gasteiger partial charge in [-0.3, -0.25) is 9.59 Å². The number of carbonyl (C=O) groups is 2. The molecule has 2 aromatic carbocycles. The molecule has 0 atom stereocenters. The number of rotatable bonds is 9. The van der Waals surface area contributed by atoms with Crippen molar-refractivity contribution in [2.45, 2.75) is 13.5 Å². The van der Waals surface area contributed by atoms with E-state index >= 15 is 0 Å². The summed E-state index contributed by atoms with van der Waals surface area (Å²) >= 11 is 0. The van der Waals surface area contributed by atoms with Gasteiger partial charge in [0.05, 0.1) is 12.8 Å². The van der Waals surface area contributed by atoms with Gasteiger partial charge in [0.2, 0.25) is 5.91 Å². The Kier molecular flexibility index (Phi) is 7.41. The number of hydrogen-bond donors (Lipinski definition) is 1. The monoisotopic (exact) mass is 474 g/mol. The molecule has 4 aromatic rings. The Morgan fingerprint density at radius 1 is 1.09 bits per heavy atom. The third kappa shape index (κ3) is 5.85. The molecular formula is C25H23FN6O3. The highest BCUT2D eigenvalue weighted by molar-refractivity contribution is 6.19. The average Bonchev–Trinajstić information content (AvgIpc) is 3.58. The molecule has 0 spiro atoms. The number of likely N-dealkylation sites (N-methyl/N-ethyl adjacent to an activating group) is 1. The smallest absolute Gasteiger partial charge is 0.273 e. The molecule has 9 nitrogen and oxygen atoms in total. The first-order valence-corrected chi connectivity index (χ1v) is 10.9. The van der Waals surface area contributed by atoms with E-state index in [0.717, 1.165) is 11.1 Å². The SMILES string of the molecule is CCN(CC(=O)NCc1ccc(F)cc1)C(=O)/C(=C\c1ccco1)n1nnnc1-c1ccccc1. The van der Waals surface area contributed by atoms with Crippen LogP contribution < -0.4 is 5.32 Å². The van der Waals surface area contributed by atoms with Crippen LogP contribution in [-0.2, 0) is 16.1 Å². The maximum Gasteiger partial charge on any atom is 0.273 e. The molecule has 0 radical (unpaired) electrons. The average molecular weight is 474 g/mol. The Hall–Kier alpha value is -4.60. The van der Waals surface area contributed by atoms with Crippen molar-refractivity contribution in [3.05, 3.63) is 90.1 Å². The van der Waals surface area contributed by atoms with Gasteiger partial charge in [-0.1, -0.05) is 42.5 Å². The van der Waals surface area contributed by atoms with Crippen molar-refractivity contribution < 1.29 is 18.4 Å². The van der Waals surface area contributed by atoms with Gasteiger partial charge in [-0.2, -0.15) is 4.68 Å². The number of carbonyl (C=O) groups excluding carboxylic acids is 2. The minimum atomic E-state index is -0.453. The molecule has 2 heterocycles. The maximum absolute atomic E-state index is 13.6. The minimum Gasteiger partial charge on any atom is -0.465 e. The topological polar surface area (TPSA) is 106 Å². The van der Waals surface area contributed by atoms with Crippen LogP contribution in [0.5, 0.6) is 0 Å². The Balaban J connectivity index is 1.57. The summed E-state index contributed by atoms with van der Waals surface area (Å²) in [4.78, 5) is 27.6. The first-order chi connectivity index (χ1) is 17.0. The van der Waals surface area contributed by atoms with Crippen molar-refractivity contribution in [3.8, 4) is 11.4 Å². The number of aromatic nitrogens is 4. The van der Waals surface area contributed by atoms with Gasteiger partial charge >= 0.3 is 0 Å². The molecule has 1 N–H and O–H groups in total. The fourth-order valence-corrected chi connectivity index (χ4v) is 3.36. The number of tetrazole rings is 1. The Morgan fingerprint density at radius 2 is 1.86 bits per heavy atom. The van der Waals surface area contributed by atoms with Crippen LogP contribution >= 0.6 is 0 Å². The van der Waals surface area contributed by atoms with Crippen LogP contribution in [0.4, 0.5) is 4.39 Å². The second-order valence-electron chi connectivity index (χ2n) is 7.55. The number of amides is 2. The Labute approximate surface area is 200 Å². The molecule has 0 aliphatic rings. The molecule has 35 heavy (non-hydrogen) atoms. The van der Waals surface area contributed by atoms with E-state index in [1.165, 1.54) is 34.1 Å². The number of halogens is 1. The zero-order valence-corrected chi connectivity index (χ0v) is 19.0. The van der Waals surface area contributed by atoms with Gasteiger partial charge in [0.1, 0.15) is 17.3 Å². The largest absolute Gasteiger partial charge is 0.465 e. The number of nitrogens with one attached hydrogen (secondary N) is 1. The van der Waals surface area contributed by atoms with Gasteiger partial charge in [-0.05, 0) is 47.2 Å². The van der Waals surface area contributed by atoms with E-state index in [0.29, 0.717) is 11.6 Å². The van der Waals surface area contributed by atoms with E-state index in [1.54, 1.807) is 31.2 Å². The maximum atomic E-state index is 13.6. The van der Waals surface area contributed by atoms with Gasteiger partial charge in [-0.25, -0.2) is 4.39 Å². The first-order valence-electron chi connectivity index (χ1n) is 10.9. The van der Waals surface area contributed by atoms with Gasteiger partial charge in [-0.15, -0.1) is 5.10 Å². The zero-order valence-electron chi connectivity index (χ0n) is 19.0. The first kappa shape index (κ1) is 23.6. The van der Waals surface area contributed by atoms with Crippen molar-refractivity contribution in [1.82, 2.24) is 30.4 Å². The van der Waals surface area contributed by atoms with Crippen LogP contribution in [0.3, 0.4) is 0 Å². The summed E-state index contributed by atoms with van der Waals surface area (Å²) in [6, 6.07) is 18.4. The van der Waals surface area contributed by atoms with Gasteiger partial charge in [0, 0.05) is 24.7 Å². The number of nitrogens with zero attached hydrogens (tertiary/aromatic N) is 5. The van der Waals surface area contributed by atoms with Gasteiger partial charge < -0.3 is 14.6 Å². The molecule has 178 valence electrons. The second kappa shape index (κ2) is 11.0. The number of hydrogen-bond acceptors (Lipinski definition) is 6. The zero-order chi connectivity index (χ0) is 24.6. The summed E-state index contributed by atoms with van der Waals surface area (Å²) in [6.45, 7) is 2.06. The summed E-state index contributed by atoms with van der Waals surface area (Å²) in [5.41, 5.74) is 1.58. The molecule has 0 fully saturated rings. The molecule has 0 saturated carbocycles. The second-order valence-corrected chi connectivity index (χ2v) is 7.55. The molecule has 10 heteroatoms. The van der Waals surface area contributed by atoms with Crippen molar-refractivity contribution in [1.29, 1.82) is 0 Å². The molecule has 0 aliphatic heterocycles. The molecule has 2 amide bonds. The van der Waals surface area contributed by atoms with Crippen LogP contribution in [0.15, 0.2) is 77.4 Å². The Morgan fingerprint density at radius 3 is 2.54 bits per heavy atom. The lowest BCUT2D eigenvalue weighted by molar-refractivity contribution is -0.131. The highest BCUT2D eigenvalue weighted by atomic mass is 19.1. The molecular weight excluding hydrogens is 451 g/mol. The molecule has 0 saturated heterocycles. The van der Waals surface area contributed by atoms with Crippen molar-refractivity contribution in [3.63, 3.8) is 0 Å². The fourth-order valence-electron chi connectivity index (χ4n) is 3.36. The lowest BCUT2D eigenvalue weighted by Gasteiger charge is -2.22. The summed E-state index contributed by atoms with van der Waals surface area (Å²) in [6.07, 6.45) is 3.02. The lowest BCUT2D eigenvalue weighted by Crippen LogP contribution is -2.41. The number of benzene rings is 2. The molecule has 0 bridgehead atoms. The van der Waals surface area contributed by atoms with Crippen molar-refractivity contribution >= 4 is 23.6 Å². The van der Waals surface area contributed by atoms with E-state index in [1.807, 2.05) is 30.3 Å². The predicted octanol–water partition coefficient (Wildman–Crippen LogP) is 3.24. The standard InChI is InChI=1S/C25H23FN6O3/c1-2-31(17-23(33)27-16-18-10-12-20(26)13-11-18)25(34)22(15-21-9-6-14-35-21)32-24(28-29-30-32)19-7-4-3-5-8-19/h3-15H,2,16-17H2,1H3,(H,27,33)/b22-15+. The van der Waals surface area contributed by atoms with E-state index in [2.05, 4.69) is 20.8 Å². The lowest BCUT2D eigenvalue weighted by atomic mass is 10.2. The summed E-state index contributed by atoms with van der Waals surface area (Å²) in [5.74, 6) is -0.364. The van der Waals surface area contributed by atoms with E-state index in [-0.39, 0.29) is 37.1 Å². The van der Waals surface area contributed by atoms with Gasteiger partial charge in [0.15, 0.2) is 5.82 Å². The molecule has 0 aliphatic carbocycles. The van der Waals surface area contributed by atoms with Crippen LogP contribution in [0.25, 0.3) is 23.2 Å². The molecule has 2 aromatic heterocycles. The van der Waals surface area contributed by atoms with Crippen LogP contribution in [0, 0.1) is 5.82 Å². The highest BCUT2D eigenvalue weighted by Gasteiger charge is 2.25. The quantitative estimate of drug-likeness (QED) is 0.374. The summed E-state index contributed by atoms with van der Waals surface area (Å²) in [5, 5.41) is 14.6. The summed E-state index contributed by atoms with van der Waals surface area (Å²) < 4.78 is 19.8. The van der Waals surface area contributed by atoms with Crippen LogP contribution in [0.2, 0.25) is 0 Å². The number of furan rings is 1. The van der Waals surface area contributed by atoms with Crippen molar-refractivity contribution in [2.24, 2.45) is 0 Å². The highest BCUT2D eigenvalue weighted by Crippen LogP contribution is 2.22. The predicted molar refractivity (Wildman–Crippen MR) is 127 cm³/mol. The third-order valence-electron chi connectivity index (χ3n) is 5.18. The van der Waals surface area contributed by atoms with E-state index in [4.69, 9.17) is 4.42 Å². The normalized spacial score (nSPS) is 11.3. The van der Waals surface area contributed by atoms with Crippen LogP contribution in [-0.4, -0.2) is 50.0 Å².